The molecule has 1 N–H and O–H groups in total. The second-order valence-corrected chi connectivity index (χ2v) is 3.56. The van der Waals surface area contributed by atoms with Crippen molar-refractivity contribution in [1.82, 2.24) is 5.32 Å². The van der Waals surface area contributed by atoms with Crippen LogP contribution in [-0.2, 0) is 4.74 Å². The summed E-state index contributed by atoms with van der Waals surface area (Å²) in [5.74, 6) is -1.10. The largest absolute Gasteiger partial charge is 0.377 e. The molecule has 2 unspecified atom stereocenters. The third kappa shape index (κ3) is 2.77. The highest BCUT2D eigenvalue weighted by atomic mass is 19.1. The maximum absolute atomic E-state index is 13.6. The third-order valence-electron chi connectivity index (χ3n) is 2.52. The van der Waals surface area contributed by atoms with Crippen LogP contribution in [0, 0.1) is 11.6 Å². The van der Waals surface area contributed by atoms with Crippen LogP contribution in [0.4, 0.5) is 8.78 Å². The molecule has 0 aliphatic rings. The Labute approximate surface area is 94.6 Å². The van der Waals surface area contributed by atoms with Gasteiger partial charge >= 0.3 is 0 Å². The van der Waals surface area contributed by atoms with E-state index in [2.05, 4.69) is 5.32 Å². The summed E-state index contributed by atoms with van der Waals surface area (Å²) < 4.78 is 32.5. The second kappa shape index (κ2) is 5.92. The van der Waals surface area contributed by atoms with Gasteiger partial charge in [-0.2, -0.15) is 0 Å². The van der Waals surface area contributed by atoms with Crippen LogP contribution in [0.25, 0.3) is 0 Å². The highest BCUT2D eigenvalue weighted by Gasteiger charge is 2.24. The number of benzene rings is 1. The van der Waals surface area contributed by atoms with E-state index in [0.717, 1.165) is 0 Å². The molecule has 1 aromatic carbocycles. The Morgan fingerprint density at radius 1 is 1.31 bits per heavy atom. The van der Waals surface area contributed by atoms with Gasteiger partial charge in [0, 0.05) is 12.2 Å². The molecular weight excluding hydrogens is 212 g/mol. The Bertz CT molecular complexity index is 324. The van der Waals surface area contributed by atoms with Crippen LogP contribution in [0.5, 0.6) is 0 Å². The van der Waals surface area contributed by atoms with Gasteiger partial charge in [-0.05, 0) is 33.0 Å². The molecule has 1 rings (SSSR count). The van der Waals surface area contributed by atoms with E-state index in [1.54, 1.807) is 14.0 Å². The van der Waals surface area contributed by atoms with Crippen molar-refractivity contribution in [2.45, 2.75) is 26.0 Å². The van der Waals surface area contributed by atoms with Crippen molar-refractivity contribution in [3.63, 3.8) is 0 Å². The number of ether oxygens (including phenoxy) is 1. The van der Waals surface area contributed by atoms with E-state index in [-0.39, 0.29) is 11.7 Å². The number of hydrogen-bond donors (Lipinski definition) is 1. The van der Waals surface area contributed by atoms with Crippen molar-refractivity contribution in [3.8, 4) is 0 Å². The molecule has 90 valence electrons. The zero-order valence-electron chi connectivity index (χ0n) is 9.76. The predicted molar refractivity (Wildman–Crippen MR) is 59.2 cm³/mol. The van der Waals surface area contributed by atoms with Gasteiger partial charge in [-0.25, -0.2) is 8.78 Å². The minimum absolute atomic E-state index is 0.0333. The average molecular weight is 229 g/mol. The van der Waals surface area contributed by atoms with Gasteiger partial charge in [0.05, 0.1) is 12.1 Å². The first-order valence-electron chi connectivity index (χ1n) is 5.34. The highest BCUT2D eigenvalue weighted by Crippen LogP contribution is 2.24. The molecule has 0 saturated heterocycles. The fourth-order valence-electron chi connectivity index (χ4n) is 1.78. The van der Waals surface area contributed by atoms with Gasteiger partial charge in [0.1, 0.15) is 11.6 Å². The second-order valence-electron chi connectivity index (χ2n) is 3.56. The van der Waals surface area contributed by atoms with E-state index in [9.17, 15) is 8.78 Å². The lowest BCUT2D eigenvalue weighted by Gasteiger charge is -2.24. The summed E-state index contributed by atoms with van der Waals surface area (Å²) in [5.41, 5.74) is 0.0333. The lowest BCUT2D eigenvalue weighted by molar-refractivity contribution is 0.0473. The fourth-order valence-corrected chi connectivity index (χ4v) is 1.78. The molecule has 0 saturated carbocycles. The molecule has 0 radical (unpaired) electrons. The molecule has 0 amide bonds. The minimum atomic E-state index is -0.550. The molecule has 0 aliphatic carbocycles. The molecule has 0 spiro atoms. The van der Waals surface area contributed by atoms with E-state index < -0.39 is 17.7 Å². The molecule has 2 nitrogen and oxygen atoms in total. The number of rotatable bonds is 5. The Balaban J connectivity index is 3.03. The number of halogens is 2. The van der Waals surface area contributed by atoms with E-state index in [0.29, 0.717) is 6.61 Å². The summed E-state index contributed by atoms with van der Waals surface area (Å²) in [6.45, 7) is 4.15. The van der Waals surface area contributed by atoms with Crippen molar-refractivity contribution in [3.05, 3.63) is 35.4 Å². The number of hydrogen-bond acceptors (Lipinski definition) is 2. The van der Waals surface area contributed by atoms with Gasteiger partial charge in [0.2, 0.25) is 0 Å². The summed E-state index contributed by atoms with van der Waals surface area (Å²) in [5, 5.41) is 2.88. The first kappa shape index (κ1) is 13.1. The number of likely N-dealkylation sites (N-methyl/N-ethyl adjacent to an activating group) is 1. The van der Waals surface area contributed by atoms with Crippen LogP contribution in [0.3, 0.4) is 0 Å². The van der Waals surface area contributed by atoms with Crippen molar-refractivity contribution < 1.29 is 13.5 Å². The normalized spacial score (nSPS) is 14.8. The van der Waals surface area contributed by atoms with E-state index >= 15 is 0 Å². The quantitative estimate of drug-likeness (QED) is 0.838. The van der Waals surface area contributed by atoms with Crippen LogP contribution < -0.4 is 5.32 Å². The first-order chi connectivity index (χ1) is 7.61. The van der Waals surface area contributed by atoms with E-state index in [4.69, 9.17) is 4.74 Å². The Hall–Kier alpha value is -1.00. The van der Waals surface area contributed by atoms with Crippen LogP contribution in [0.15, 0.2) is 18.2 Å². The summed E-state index contributed by atoms with van der Waals surface area (Å²) in [4.78, 5) is 0. The van der Waals surface area contributed by atoms with Gasteiger partial charge in [-0.15, -0.1) is 0 Å². The van der Waals surface area contributed by atoms with Gasteiger partial charge in [-0.3, -0.25) is 0 Å². The Morgan fingerprint density at radius 3 is 2.31 bits per heavy atom. The zero-order valence-corrected chi connectivity index (χ0v) is 9.76. The van der Waals surface area contributed by atoms with Gasteiger partial charge in [-0.1, -0.05) is 6.07 Å². The monoisotopic (exact) mass is 229 g/mol. The van der Waals surface area contributed by atoms with Crippen molar-refractivity contribution in [2.24, 2.45) is 0 Å². The molecule has 0 heterocycles. The van der Waals surface area contributed by atoms with E-state index in [1.165, 1.54) is 18.2 Å². The maximum Gasteiger partial charge on any atom is 0.131 e. The Kier molecular flexibility index (Phi) is 4.83. The SMILES string of the molecule is CCOC(C)C(NC)c1c(F)cccc1F. The number of nitrogens with one attached hydrogen (secondary N) is 1. The summed E-state index contributed by atoms with van der Waals surface area (Å²) in [7, 11) is 1.66. The molecule has 1 aromatic rings. The first-order valence-corrected chi connectivity index (χ1v) is 5.34. The molecule has 0 bridgehead atoms. The standard InChI is InChI=1S/C12H17F2NO/c1-4-16-8(2)12(15-3)11-9(13)6-5-7-10(11)14/h5-8,12,15H,4H2,1-3H3. The topological polar surface area (TPSA) is 21.3 Å². The van der Waals surface area contributed by atoms with Crippen LogP contribution in [-0.4, -0.2) is 19.8 Å². The third-order valence-corrected chi connectivity index (χ3v) is 2.52. The van der Waals surface area contributed by atoms with E-state index in [1.807, 2.05) is 6.92 Å². The zero-order chi connectivity index (χ0) is 12.1. The molecular formula is C12H17F2NO. The van der Waals surface area contributed by atoms with Gasteiger partial charge < -0.3 is 10.1 Å². The lowest BCUT2D eigenvalue weighted by atomic mass is 10.0. The van der Waals surface area contributed by atoms with Crippen LogP contribution in [0.2, 0.25) is 0 Å². The molecule has 0 fully saturated rings. The molecule has 0 aromatic heterocycles. The van der Waals surface area contributed by atoms with Crippen molar-refractivity contribution >= 4 is 0 Å². The lowest BCUT2D eigenvalue weighted by Crippen LogP contribution is -2.31. The summed E-state index contributed by atoms with van der Waals surface area (Å²) in [6, 6.07) is 3.37. The van der Waals surface area contributed by atoms with Crippen molar-refractivity contribution in [2.75, 3.05) is 13.7 Å². The maximum atomic E-state index is 13.6. The highest BCUT2D eigenvalue weighted by molar-refractivity contribution is 5.24. The van der Waals surface area contributed by atoms with Gasteiger partial charge in [0.25, 0.3) is 0 Å². The minimum Gasteiger partial charge on any atom is -0.377 e. The predicted octanol–water partition coefficient (Wildman–Crippen LogP) is 2.65. The van der Waals surface area contributed by atoms with Crippen LogP contribution in [0.1, 0.15) is 25.5 Å². The molecule has 0 aliphatic heterocycles. The van der Waals surface area contributed by atoms with Crippen molar-refractivity contribution in [1.29, 1.82) is 0 Å². The van der Waals surface area contributed by atoms with Crippen LogP contribution >= 0.6 is 0 Å². The molecule has 4 heteroatoms. The molecule has 2 atom stereocenters. The summed E-state index contributed by atoms with van der Waals surface area (Å²) in [6.07, 6.45) is -0.290. The average Bonchev–Trinajstić information content (AvgIpc) is 2.24. The Morgan fingerprint density at radius 2 is 1.88 bits per heavy atom. The summed E-state index contributed by atoms with van der Waals surface area (Å²) >= 11 is 0. The molecule has 16 heavy (non-hydrogen) atoms. The smallest absolute Gasteiger partial charge is 0.131 e. The fraction of sp³-hybridized carbons (Fsp3) is 0.500. The van der Waals surface area contributed by atoms with Gasteiger partial charge in [0.15, 0.2) is 0 Å².